The molecule has 6 heteroatoms. The third-order valence-electron chi connectivity index (χ3n) is 3.96. The maximum Gasteiger partial charge on any atom is 0.177 e. The molecule has 0 radical (unpaired) electrons. The molecule has 0 aliphatic heterocycles. The predicted octanol–water partition coefficient (Wildman–Crippen LogP) is 1.10. The average Bonchev–Trinajstić information content (AvgIpc) is 2.75. The summed E-state index contributed by atoms with van der Waals surface area (Å²) in [5.41, 5.74) is -0.439. The summed E-state index contributed by atoms with van der Waals surface area (Å²) in [6.07, 6.45) is 3.96. The van der Waals surface area contributed by atoms with Crippen LogP contribution >= 0.6 is 0 Å². The standard InChI is InChI=1S/C13H24N4O2/c1-4-19-13(7-5-6-10(2)9-13)11(18)8-12-14-16-17(3)15-12/h10-11,18H,4-9H2,1-3H3. The minimum Gasteiger partial charge on any atom is -0.390 e. The SMILES string of the molecule is CCOC1(C(O)Cc2nnn(C)n2)CCCC(C)C1. The number of hydrogen-bond acceptors (Lipinski definition) is 5. The van der Waals surface area contributed by atoms with Crippen molar-refractivity contribution in [2.45, 2.75) is 57.7 Å². The van der Waals surface area contributed by atoms with Crippen LogP contribution in [-0.4, -0.2) is 43.6 Å². The van der Waals surface area contributed by atoms with Gasteiger partial charge in [0.1, 0.15) is 0 Å². The molecular formula is C13H24N4O2. The second-order valence-corrected chi connectivity index (χ2v) is 5.61. The van der Waals surface area contributed by atoms with Crippen molar-refractivity contribution in [1.29, 1.82) is 0 Å². The van der Waals surface area contributed by atoms with Crippen LogP contribution in [0.3, 0.4) is 0 Å². The Morgan fingerprint density at radius 2 is 2.37 bits per heavy atom. The van der Waals surface area contributed by atoms with E-state index in [1.165, 1.54) is 11.2 Å². The summed E-state index contributed by atoms with van der Waals surface area (Å²) in [6, 6.07) is 0. The van der Waals surface area contributed by atoms with Crippen LogP contribution in [0.25, 0.3) is 0 Å². The van der Waals surface area contributed by atoms with Gasteiger partial charge in [-0.2, -0.15) is 4.80 Å². The largest absolute Gasteiger partial charge is 0.390 e. The van der Waals surface area contributed by atoms with E-state index in [1.54, 1.807) is 7.05 Å². The summed E-state index contributed by atoms with van der Waals surface area (Å²) in [5.74, 6) is 1.16. The van der Waals surface area contributed by atoms with Crippen molar-refractivity contribution in [1.82, 2.24) is 20.2 Å². The Bertz CT molecular complexity index is 405. The second-order valence-electron chi connectivity index (χ2n) is 5.61. The summed E-state index contributed by atoms with van der Waals surface area (Å²) in [5, 5.41) is 22.5. The number of rotatable bonds is 5. The molecule has 0 aromatic carbocycles. The van der Waals surface area contributed by atoms with E-state index in [0.29, 0.717) is 24.8 Å². The zero-order valence-corrected chi connectivity index (χ0v) is 12.0. The quantitative estimate of drug-likeness (QED) is 0.865. The molecule has 1 aromatic rings. The number of tetrazole rings is 1. The fourth-order valence-corrected chi connectivity index (χ4v) is 3.13. The maximum atomic E-state index is 10.6. The molecule has 1 aliphatic carbocycles. The molecule has 108 valence electrons. The van der Waals surface area contributed by atoms with E-state index < -0.39 is 11.7 Å². The molecular weight excluding hydrogens is 244 g/mol. The number of aliphatic hydroxyl groups excluding tert-OH is 1. The van der Waals surface area contributed by atoms with Gasteiger partial charge in [-0.3, -0.25) is 0 Å². The van der Waals surface area contributed by atoms with Gasteiger partial charge < -0.3 is 9.84 Å². The number of aliphatic hydroxyl groups is 1. The third-order valence-corrected chi connectivity index (χ3v) is 3.96. The van der Waals surface area contributed by atoms with Gasteiger partial charge in [0, 0.05) is 13.0 Å². The molecule has 1 N–H and O–H groups in total. The van der Waals surface area contributed by atoms with E-state index in [-0.39, 0.29) is 0 Å². The van der Waals surface area contributed by atoms with Gasteiger partial charge in [-0.1, -0.05) is 19.8 Å². The Morgan fingerprint density at radius 3 is 2.95 bits per heavy atom. The van der Waals surface area contributed by atoms with Gasteiger partial charge in [0.05, 0.1) is 18.8 Å². The molecule has 1 saturated carbocycles. The van der Waals surface area contributed by atoms with Crippen LogP contribution < -0.4 is 0 Å². The Balaban J connectivity index is 2.09. The first kappa shape index (κ1) is 14.4. The van der Waals surface area contributed by atoms with Crippen molar-refractivity contribution in [3.8, 4) is 0 Å². The molecule has 1 aliphatic rings. The first-order valence-electron chi connectivity index (χ1n) is 7.10. The van der Waals surface area contributed by atoms with Crippen LogP contribution in [0.1, 0.15) is 45.4 Å². The van der Waals surface area contributed by atoms with Crippen molar-refractivity contribution in [2.24, 2.45) is 13.0 Å². The molecule has 3 unspecified atom stereocenters. The molecule has 1 heterocycles. The van der Waals surface area contributed by atoms with Crippen molar-refractivity contribution in [2.75, 3.05) is 6.61 Å². The van der Waals surface area contributed by atoms with Crippen LogP contribution in [-0.2, 0) is 18.2 Å². The smallest absolute Gasteiger partial charge is 0.177 e. The molecule has 0 amide bonds. The van der Waals surface area contributed by atoms with Gasteiger partial charge in [0.25, 0.3) is 0 Å². The fraction of sp³-hybridized carbons (Fsp3) is 0.923. The van der Waals surface area contributed by atoms with Crippen LogP contribution in [0.4, 0.5) is 0 Å². The summed E-state index contributed by atoms with van der Waals surface area (Å²) in [6.45, 7) is 4.83. The zero-order chi connectivity index (χ0) is 13.9. The highest BCUT2D eigenvalue weighted by molar-refractivity contribution is 4.97. The predicted molar refractivity (Wildman–Crippen MR) is 70.5 cm³/mol. The zero-order valence-electron chi connectivity index (χ0n) is 12.0. The van der Waals surface area contributed by atoms with E-state index in [1.807, 2.05) is 6.92 Å². The van der Waals surface area contributed by atoms with Crippen LogP contribution in [0.15, 0.2) is 0 Å². The average molecular weight is 268 g/mol. The first-order valence-corrected chi connectivity index (χ1v) is 7.10. The second kappa shape index (κ2) is 5.96. The van der Waals surface area contributed by atoms with E-state index in [0.717, 1.165) is 19.3 Å². The highest BCUT2D eigenvalue weighted by Crippen LogP contribution is 2.38. The molecule has 1 fully saturated rings. The van der Waals surface area contributed by atoms with Gasteiger partial charge in [0.2, 0.25) is 0 Å². The Hall–Kier alpha value is -1.01. The lowest BCUT2D eigenvalue weighted by Crippen LogP contribution is -2.49. The first-order chi connectivity index (χ1) is 9.05. The van der Waals surface area contributed by atoms with Gasteiger partial charge in [0.15, 0.2) is 5.82 Å². The topological polar surface area (TPSA) is 73.1 Å². The molecule has 6 nitrogen and oxygen atoms in total. The third kappa shape index (κ3) is 3.30. The van der Waals surface area contributed by atoms with Crippen LogP contribution in [0, 0.1) is 5.92 Å². The lowest BCUT2D eigenvalue weighted by Gasteiger charge is -2.42. The summed E-state index contributed by atoms with van der Waals surface area (Å²) in [4.78, 5) is 1.42. The highest BCUT2D eigenvalue weighted by Gasteiger charge is 2.42. The van der Waals surface area contributed by atoms with Crippen molar-refractivity contribution in [3.05, 3.63) is 5.82 Å². The minimum absolute atomic E-state index is 0.403. The fourth-order valence-electron chi connectivity index (χ4n) is 3.13. The molecule has 2 rings (SSSR count). The van der Waals surface area contributed by atoms with Crippen molar-refractivity contribution < 1.29 is 9.84 Å². The van der Waals surface area contributed by atoms with Crippen LogP contribution in [0.5, 0.6) is 0 Å². The van der Waals surface area contributed by atoms with Gasteiger partial charge in [-0.15, -0.1) is 10.2 Å². The Kier molecular flexibility index (Phi) is 4.52. The lowest BCUT2D eigenvalue weighted by atomic mass is 9.74. The molecule has 0 bridgehead atoms. The number of hydrogen-bond donors (Lipinski definition) is 1. The molecule has 3 atom stereocenters. The van der Waals surface area contributed by atoms with E-state index >= 15 is 0 Å². The monoisotopic (exact) mass is 268 g/mol. The van der Waals surface area contributed by atoms with Crippen LogP contribution in [0.2, 0.25) is 0 Å². The summed E-state index contributed by atoms with van der Waals surface area (Å²) in [7, 11) is 1.73. The lowest BCUT2D eigenvalue weighted by molar-refractivity contribution is -0.147. The molecule has 0 spiro atoms. The maximum absolute atomic E-state index is 10.6. The number of nitrogens with zero attached hydrogens (tertiary/aromatic N) is 4. The summed E-state index contributed by atoms with van der Waals surface area (Å²) < 4.78 is 5.95. The number of aryl methyl sites for hydroxylation is 1. The Labute approximate surface area is 114 Å². The molecule has 0 saturated heterocycles. The molecule has 19 heavy (non-hydrogen) atoms. The van der Waals surface area contributed by atoms with Gasteiger partial charge in [-0.25, -0.2) is 0 Å². The van der Waals surface area contributed by atoms with Gasteiger partial charge in [-0.05, 0) is 30.9 Å². The number of aromatic nitrogens is 4. The summed E-state index contributed by atoms with van der Waals surface area (Å²) >= 11 is 0. The van der Waals surface area contributed by atoms with E-state index in [4.69, 9.17) is 4.74 Å². The highest BCUT2D eigenvalue weighted by atomic mass is 16.5. The Morgan fingerprint density at radius 1 is 1.58 bits per heavy atom. The van der Waals surface area contributed by atoms with Crippen molar-refractivity contribution >= 4 is 0 Å². The van der Waals surface area contributed by atoms with E-state index in [2.05, 4.69) is 22.3 Å². The molecule has 1 aromatic heterocycles. The number of ether oxygens (including phenoxy) is 1. The van der Waals surface area contributed by atoms with Crippen molar-refractivity contribution in [3.63, 3.8) is 0 Å². The van der Waals surface area contributed by atoms with E-state index in [9.17, 15) is 5.11 Å². The normalized spacial score (nSPS) is 29.4. The minimum atomic E-state index is -0.570. The van der Waals surface area contributed by atoms with Gasteiger partial charge >= 0.3 is 0 Å².